The topological polar surface area (TPSA) is 78.5 Å². The third kappa shape index (κ3) is 5.82. The number of ether oxygens (including phenoxy) is 2. The first-order valence-electron chi connectivity index (χ1n) is 9.74. The number of nitrogens with zero attached hydrogens (tertiary/aromatic N) is 2. The Balaban J connectivity index is 1.35. The van der Waals surface area contributed by atoms with Crippen LogP contribution in [-0.4, -0.2) is 22.8 Å². The van der Waals surface area contributed by atoms with Crippen molar-refractivity contribution in [3.63, 3.8) is 0 Å². The first-order chi connectivity index (χ1) is 15.9. The predicted molar refractivity (Wildman–Crippen MR) is 127 cm³/mol. The van der Waals surface area contributed by atoms with Crippen molar-refractivity contribution in [1.29, 1.82) is 0 Å². The average Bonchev–Trinajstić information content (AvgIpc) is 3.43. The Hall–Kier alpha value is -3.13. The number of aromatic nitrogens is 2. The summed E-state index contributed by atoms with van der Waals surface area (Å²) >= 11 is 18.1. The van der Waals surface area contributed by atoms with E-state index in [2.05, 4.69) is 10.4 Å². The Morgan fingerprint density at radius 2 is 1.91 bits per heavy atom. The Morgan fingerprint density at radius 3 is 2.67 bits per heavy atom. The van der Waals surface area contributed by atoms with Gasteiger partial charge < -0.3 is 19.2 Å². The summed E-state index contributed by atoms with van der Waals surface area (Å²) in [6.07, 6.45) is 3.30. The molecule has 0 aliphatic heterocycles. The summed E-state index contributed by atoms with van der Waals surface area (Å²) in [5.41, 5.74) is 1.56. The molecule has 0 radical (unpaired) electrons. The van der Waals surface area contributed by atoms with E-state index in [0.717, 1.165) is 11.3 Å². The van der Waals surface area contributed by atoms with Crippen LogP contribution in [0.15, 0.2) is 65.3 Å². The minimum atomic E-state index is -0.412. The number of carbonyl (C=O) groups excluding carboxylic acids is 1. The number of furan rings is 1. The number of nitrogens with one attached hydrogen (secondary N) is 1. The summed E-state index contributed by atoms with van der Waals surface area (Å²) in [4.78, 5) is 12.5. The van der Waals surface area contributed by atoms with Crippen molar-refractivity contribution in [2.75, 3.05) is 12.4 Å². The highest BCUT2D eigenvalue weighted by molar-refractivity contribution is 6.40. The van der Waals surface area contributed by atoms with Crippen LogP contribution in [0.25, 0.3) is 0 Å². The monoisotopic (exact) mass is 505 g/mol. The summed E-state index contributed by atoms with van der Waals surface area (Å²) < 4.78 is 18.2. The van der Waals surface area contributed by atoms with Crippen molar-refractivity contribution in [3.8, 4) is 11.5 Å². The molecule has 2 aromatic carbocycles. The zero-order valence-electron chi connectivity index (χ0n) is 17.3. The van der Waals surface area contributed by atoms with Gasteiger partial charge in [0, 0.05) is 11.2 Å². The van der Waals surface area contributed by atoms with E-state index in [1.807, 2.05) is 24.3 Å². The van der Waals surface area contributed by atoms with Crippen LogP contribution in [0.3, 0.4) is 0 Å². The lowest BCUT2D eigenvalue weighted by Gasteiger charge is -2.09. The largest absolute Gasteiger partial charge is 0.497 e. The maximum atomic E-state index is 12.5. The smallest absolute Gasteiger partial charge is 0.291 e. The summed E-state index contributed by atoms with van der Waals surface area (Å²) in [7, 11) is 1.62. The lowest BCUT2D eigenvalue weighted by Crippen LogP contribution is -2.10. The summed E-state index contributed by atoms with van der Waals surface area (Å²) in [6.45, 7) is 0.567. The Labute approximate surface area is 204 Å². The molecule has 1 amide bonds. The molecule has 1 N–H and O–H groups in total. The quantitative estimate of drug-likeness (QED) is 0.302. The maximum Gasteiger partial charge on any atom is 0.291 e. The van der Waals surface area contributed by atoms with Gasteiger partial charge in [0.25, 0.3) is 5.91 Å². The summed E-state index contributed by atoms with van der Waals surface area (Å²) in [5.74, 6) is 1.20. The van der Waals surface area contributed by atoms with Gasteiger partial charge in [-0.1, -0.05) is 46.9 Å². The third-order valence-corrected chi connectivity index (χ3v) is 5.36. The average molecular weight is 507 g/mol. The van der Waals surface area contributed by atoms with Gasteiger partial charge in [-0.3, -0.25) is 9.48 Å². The van der Waals surface area contributed by atoms with Gasteiger partial charge in [0.1, 0.15) is 18.1 Å². The van der Waals surface area contributed by atoms with Crippen LogP contribution in [0.1, 0.15) is 21.9 Å². The zero-order valence-corrected chi connectivity index (χ0v) is 19.6. The molecule has 7 nitrogen and oxygen atoms in total. The fourth-order valence-electron chi connectivity index (χ4n) is 3.05. The first-order valence-corrected chi connectivity index (χ1v) is 10.9. The Kier molecular flexibility index (Phi) is 7.13. The minimum Gasteiger partial charge on any atom is -0.497 e. The van der Waals surface area contributed by atoms with Gasteiger partial charge in [-0.25, -0.2) is 0 Å². The van der Waals surface area contributed by atoms with E-state index in [1.165, 1.54) is 12.1 Å². The fraction of sp³-hybridized carbons (Fsp3) is 0.130. The van der Waals surface area contributed by atoms with Gasteiger partial charge >= 0.3 is 0 Å². The lowest BCUT2D eigenvalue weighted by molar-refractivity contribution is 0.0992. The second kappa shape index (κ2) is 10.2. The van der Waals surface area contributed by atoms with Crippen molar-refractivity contribution in [3.05, 3.63) is 93.1 Å². The Morgan fingerprint density at radius 1 is 1.12 bits per heavy atom. The SMILES string of the molecule is COc1cccc(Cn2cc(NC(=O)c3ccc(COc4c(Cl)cc(Cl)cc4Cl)o3)cn2)c1. The van der Waals surface area contributed by atoms with Crippen molar-refractivity contribution >= 4 is 46.4 Å². The van der Waals surface area contributed by atoms with Crippen LogP contribution >= 0.6 is 34.8 Å². The van der Waals surface area contributed by atoms with Crippen molar-refractivity contribution in [1.82, 2.24) is 9.78 Å². The van der Waals surface area contributed by atoms with Crippen molar-refractivity contribution in [2.24, 2.45) is 0 Å². The molecule has 4 aromatic rings. The highest BCUT2D eigenvalue weighted by Crippen LogP contribution is 2.36. The van der Waals surface area contributed by atoms with Crippen LogP contribution in [-0.2, 0) is 13.2 Å². The van der Waals surface area contributed by atoms with E-state index in [4.69, 9.17) is 48.7 Å². The normalized spacial score (nSPS) is 10.8. The predicted octanol–water partition coefficient (Wildman–Crippen LogP) is 6.32. The van der Waals surface area contributed by atoms with E-state index in [0.29, 0.717) is 23.0 Å². The maximum absolute atomic E-state index is 12.5. The first kappa shape index (κ1) is 23.0. The fourth-order valence-corrected chi connectivity index (χ4v) is 3.98. The second-order valence-corrected chi connectivity index (χ2v) is 8.24. The van der Waals surface area contributed by atoms with Crippen LogP contribution < -0.4 is 14.8 Å². The number of hydrogen-bond donors (Lipinski definition) is 1. The zero-order chi connectivity index (χ0) is 23.4. The van der Waals surface area contributed by atoms with Gasteiger partial charge in [0.15, 0.2) is 11.5 Å². The number of amides is 1. The molecule has 0 saturated carbocycles. The molecule has 33 heavy (non-hydrogen) atoms. The molecule has 0 aliphatic carbocycles. The number of halogens is 3. The molecule has 0 bridgehead atoms. The van der Waals surface area contributed by atoms with Gasteiger partial charge in [0.05, 0.1) is 35.6 Å². The standard InChI is InChI=1S/C23H18Cl3N3O4/c1-31-17-4-2-3-14(7-17)11-29-12-16(10-27-29)28-23(30)21-6-5-18(33-21)13-32-22-19(25)8-15(24)9-20(22)26/h2-10,12H,11,13H2,1H3,(H,28,30). The van der Waals surface area contributed by atoms with Gasteiger partial charge in [-0.2, -0.15) is 5.10 Å². The molecule has 2 heterocycles. The molecule has 10 heteroatoms. The van der Waals surface area contributed by atoms with Gasteiger partial charge in [-0.15, -0.1) is 0 Å². The summed E-state index contributed by atoms with van der Waals surface area (Å²) in [6, 6.07) is 13.9. The number of rotatable bonds is 8. The van der Waals surface area contributed by atoms with Crippen LogP contribution in [0.4, 0.5) is 5.69 Å². The van der Waals surface area contributed by atoms with Crippen LogP contribution in [0, 0.1) is 0 Å². The second-order valence-electron chi connectivity index (χ2n) is 6.99. The highest BCUT2D eigenvalue weighted by atomic mass is 35.5. The van der Waals surface area contributed by atoms with Crippen molar-refractivity contribution < 1.29 is 18.7 Å². The van der Waals surface area contributed by atoms with Crippen molar-refractivity contribution in [2.45, 2.75) is 13.2 Å². The number of anilines is 1. The minimum absolute atomic E-state index is 0.0345. The number of carbonyl (C=O) groups is 1. The lowest BCUT2D eigenvalue weighted by atomic mass is 10.2. The molecular formula is C23H18Cl3N3O4. The molecule has 0 spiro atoms. The number of methoxy groups -OCH3 is 1. The number of hydrogen-bond acceptors (Lipinski definition) is 5. The molecule has 0 saturated heterocycles. The third-order valence-electron chi connectivity index (χ3n) is 4.58. The van der Waals surface area contributed by atoms with E-state index < -0.39 is 5.91 Å². The van der Waals surface area contributed by atoms with Gasteiger partial charge in [0.2, 0.25) is 0 Å². The van der Waals surface area contributed by atoms with Gasteiger partial charge in [-0.05, 0) is 42.0 Å². The molecule has 0 unspecified atom stereocenters. The van der Waals surface area contributed by atoms with Crippen LogP contribution in [0.5, 0.6) is 11.5 Å². The van der Waals surface area contributed by atoms with Crippen LogP contribution in [0.2, 0.25) is 15.1 Å². The number of benzene rings is 2. The van der Waals surface area contributed by atoms with E-state index in [1.54, 1.807) is 36.3 Å². The van der Waals surface area contributed by atoms with E-state index >= 15 is 0 Å². The molecule has 0 atom stereocenters. The Bertz CT molecular complexity index is 1260. The van der Waals surface area contributed by atoms with E-state index in [-0.39, 0.29) is 28.2 Å². The molecule has 0 fully saturated rings. The highest BCUT2D eigenvalue weighted by Gasteiger charge is 2.15. The molecule has 2 aromatic heterocycles. The molecule has 170 valence electrons. The molecule has 0 aliphatic rings. The molecular weight excluding hydrogens is 489 g/mol. The summed E-state index contributed by atoms with van der Waals surface area (Å²) in [5, 5.41) is 8.01. The van der Waals surface area contributed by atoms with E-state index in [9.17, 15) is 4.79 Å². The molecule has 4 rings (SSSR count).